The van der Waals surface area contributed by atoms with Crippen molar-refractivity contribution in [2.75, 3.05) is 19.8 Å². The molecule has 302 valence electrons. The number of ether oxygens (including phenoxy) is 3. The number of aromatic amines is 1. The maximum atomic E-state index is 12.7. The molecule has 52 heavy (non-hydrogen) atoms. The number of phosphoric ester groups is 2. The van der Waals surface area contributed by atoms with Crippen LogP contribution >= 0.6 is 15.6 Å². The average Bonchev–Trinajstić information content (AvgIpc) is 3.36. The molecule has 2 saturated heterocycles. The van der Waals surface area contributed by atoms with Gasteiger partial charge in [0.05, 0.1) is 13.2 Å². The van der Waals surface area contributed by atoms with E-state index in [1.54, 1.807) is 0 Å². The largest absolute Gasteiger partial charge is 0.483 e. The van der Waals surface area contributed by atoms with Crippen LogP contribution in [-0.2, 0) is 36.7 Å². The Bertz CT molecular complexity index is 1400. The van der Waals surface area contributed by atoms with Crippen LogP contribution in [0.4, 0.5) is 0 Å². The highest BCUT2D eigenvalue weighted by atomic mass is 31.3. The lowest BCUT2D eigenvalue weighted by Gasteiger charge is -2.41. The van der Waals surface area contributed by atoms with E-state index in [0.29, 0.717) is 6.42 Å². The summed E-state index contributed by atoms with van der Waals surface area (Å²) in [7, 11) is -11.1. The Morgan fingerprint density at radius 1 is 0.769 bits per heavy atom. The van der Waals surface area contributed by atoms with E-state index in [1.165, 1.54) is 57.8 Å². The third kappa shape index (κ3) is 14.4. The topological polar surface area (TPSA) is 286 Å². The van der Waals surface area contributed by atoms with Crippen molar-refractivity contribution in [3.8, 4) is 0 Å². The highest BCUT2D eigenvalue weighted by molar-refractivity contribution is 7.61. The summed E-state index contributed by atoms with van der Waals surface area (Å²) in [6.07, 6.45) is 2.08. The molecule has 2 aliphatic rings. The minimum absolute atomic E-state index is 0.107. The highest BCUT2D eigenvalue weighted by Crippen LogP contribution is 2.61. The molecule has 0 amide bonds. The van der Waals surface area contributed by atoms with E-state index in [9.17, 15) is 54.0 Å². The Morgan fingerprint density at radius 3 is 1.90 bits per heavy atom. The van der Waals surface area contributed by atoms with Crippen molar-refractivity contribution in [2.45, 2.75) is 152 Å². The van der Waals surface area contributed by atoms with Crippen LogP contribution in [0.3, 0.4) is 0 Å². The minimum Gasteiger partial charge on any atom is -0.394 e. The minimum atomic E-state index is -5.60. The molecule has 0 bridgehead atoms. The number of hydrogen-bond donors (Lipinski definition) is 8. The second-order valence-corrected chi connectivity index (χ2v) is 16.1. The number of nitrogens with one attached hydrogen (secondary N) is 1. The maximum absolute atomic E-state index is 12.7. The molecule has 8 N–H and O–H groups in total. The van der Waals surface area contributed by atoms with Crippen molar-refractivity contribution in [3.63, 3.8) is 0 Å². The zero-order chi connectivity index (χ0) is 38.3. The van der Waals surface area contributed by atoms with Gasteiger partial charge in [0.15, 0.2) is 12.5 Å². The van der Waals surface area contributed by atoms with Crippen LogP contribution in [0.25, 0.3) is 0 Å². The molecule has 0 saturated carbocycles. The summed E-state index contributed by atoms with van der Waals surface area (Å²) < 4.78 is 55.9. The Balaban J connectivity index is 1.41. The lowest BCUT2D eigenvalue weighted by atomic mass is 9.99. The third-order valence-corrected chi connectivity index (χ3v) is 11.5. The van der Waals surface area contributed by atoms with E-state index in [0.717, 1.165) is 42.5 Å². The van der Waals surface area contributed by atoms with Crippen molar-refractivity contribution in [2.24, 2.45) is 0 Å². The molecule has 1 aromatic rings. The van der Waals surface area contributed by atoms with Crippen LogP contribution in [0.15, 0.2) is 21.9 Å². The van der Waals surface area contributed by atoms with E-state index in [2.05, 4.69) is 15.8 Å². The Hall–Kier alpha value is -1.38. The summed E-state index contributed by atoms with van der Waals surface area (Å²) >= 11 is 0. The van der Waals surface area contributed by atoms with Gasteiger partial charge in [-0.15, -0.1) is 0 Å². The van der Waals surface area contributed by atoms with Crippen LogP contribution in [0, 0.1) is 0 Å². The number of aliphatic hydroxyl groups is 5. The van der Waals surface area contributed by atoms with Gasteiger partial charge in [0.25, 0.3) is 5.56 Å². The quantitative estimate of drug-likeness (QED) is 0.0517. The zero-order valence-corrected chi connectivity index (χ0v) is 31.2. The molecule has 0 aromatic carbocycles. The van der Waals surface area contributed by atoms with E-state index in [1.807, 2.05) is 4.98 Å². The van der Waals surface area contributed by atoms with Gasteiger partial charge >= 0.3 is 21.3 Å². The number of nitrogens with zero attached hydrogens (tertiary/aromatic N) is 1. The van der Waals surface area contributed by atoms with Gasteiger partial charge in [-0.1, -0.05) is 90.4 Å². The molecule has 3 heterocycles. The number of aliphatic hydroxyl groups excluding tert-OH is 5. The predicted octanol–water partition coefficient (Wildman–Crippen LogP) is 1.71. The monoisotopic (exact) mass is 790 g/mol. The molecule has 19 nitrogen and oxygen atoms in total. The van der Waals surface area contributed by atoms with Gasteiger partial charge < -0.3 is 49.5 Å². The molecule has 3 rings (SSSR count). The van der Waals surface area contributed by atoms with Gasteiger partial charge in [0.1, 0.15) is 42.7 Å². The van der Waals surface area contributed by atoms with Crippen LogP contribution in [-0.4, -0.2) is 114 Å². The highest BCUT2D eigenvalue weighted by Gasteiger charge is 2.50. The third-order valence-electron chi connectivity index (χ3n) is 8.94. The fourth-order valence-corrected chi connectivity index (χ4v) is 8.21. The molecular formula is C31H56N2O17P2. The van der Waals surface area contributed by atoms with Gasteiger partial charge in [0, 0.05) is 18.9 Å². The van der Waals surface area contributed by atoms with Crippen LogP contribution in [0.1, 0.15) is 103 Å². The summed E-state index contributed by atoms with van der Waals surface area (Å²) in [5.74, 6) is 0. The molecule has 2 unspecified atom stereocenters. The Morgan fingerprint density at radius 2 is 1.35 bits per heavy atom. The predicted molar refractivity (Wildman–Crippen MR) is 183 cm³/mol. The molecule has 2 fully saturated rings. The van der Waals surface area contributed by atoms with Crippen LogP contribution in [0.2, 0.25) is 0 Å². The Kier molecular flexibility index (Phi) is 19.3. The van der Waals surface area contributed by atoms with Crippen LogP contribution in [0.5, 0.6) is 0 Å². The van der Waals surface area contributed by atoms with Gasteiger partial charge in [-0.25, -0.2) is 13.9 Å². The van der Waals surface area contributed by atoms with Crippen LogP contribution < -0.4 is 11.2 Å². The number of hydrogen-bond acceptors (Lipinski definition) is 15. The number of phosphoric acid groups is 2. The molecule has 2 aliphatic heterocycles. The van der Waals surface area contributed by atoms with E-state index < -0.39 is 95.4 Å². The number of rotatable bonds is 25. The molecule has 1 aromatic heterocycles. The zero-order valence-electron chi connectivity index (χ0n) is 29.4. The fourth-order valence-electron chi connectivity index (χ4n) is 6.05. The van der Waals surface area contributed by atoms with E-state index in [-0.39, 0.29) is 6.61 Å². The van der Waals surface area contributed by atoms with Gasteiger partial charge in [-0.2, -0.15) is 4.31 Å². The van der Waals surface area contributed by atoms with E-state index in [4.69, 9.17) is 18.7 Å². The van der Waals surface area contributed by atoms with E-state index >= 15 is 0 Å². The second-order valence-electron chi connectivity index (χ2n) is 13.1. The van der Waals surface area contributed by atoms with Gasteiger partial charge in [-0.05, 0) is 6.42 Å². The van der Waals surface area contributed by atoms with Crippen molar-refractivity contribution in [1.82, 2.24) is 9.55 Å². The maximum Gasteiger partial charge on any atom is 0.483 e. The first-order valence-corrected chi connectivity index (χ1v) is 21.0. The summed E-state index contributed by atoms with van der Waals surface area (Å²) in [5, 5.41) is 51.6. The van der Waals surface area contributed by atoms with Crippen molar-refractivity contribution in [1.29, 1.82) is 0 Å². The second kappa shape index (κ2) is 22.2. The first kappa shape index (κ1) is 45.0. The number of unbranched alkanes of at least 4 members (excludes halogenated alkanes) is 13. The lowest BCUT2D eigenvalue weighted by molar-refractivity contribution is -0.288. The smallest absolute Gasteiger partial charge is 0.394 e. The molecule has 21 heteroatoms. The summed E-state index contributed by atoms with van der Waals surface area (Å²) in [4.78, 5) is 45.6. The first-order chi connectivity index (χ1) is 24.7. The number of aromatic nitrogens is 2. The van der Waals surface area contributed by atoms with Crippen molar-refractivity contribution >= 4 is 15.6 Å². The summed E-state index contributed by atoms with van der Waals surface area (Å²) in [5.41, 5.74) is -1.72. The Labute approximate surface area is 302 Å². The van der Waals surface area contributed by atoms with Crippen molar-refractivity contribution < 1.29 is 72.0 Å². The normalized spacial score (nSPS) is 30.3. The molecule has 0 radical (unpaired) electrons. The van der Waals surface area contributed by atoms with Crippen molar-refractivity contribution in [3.05, 3.63) is 33.1 Å². The average molecular weight is 791 g/mol. The standard InChI is InChI=1S/C31H56N2O17P2/c1-2-3-4-5-6-7-8-9-10-11-12-13-14-15-18-45-28-25(37)21(19-34)48-30(27(28)39)49-52(43,44)50-51(41,42)46-20-22-24(36)26(38)29(47-22)33-17-16-23(35)32-31(33)40/h16-17,21-22,24-30,34,36-39H,2-15,18-20H2,1H3,(H,41,42)(H,43,44)(H,32,35,40)/t21-,22-,24-,25-,26-,27-,28+,29-,30-/m1/s1. The lowest BCUT2D eigenvalue weighted by Crippen LogP contribution is -2.60. The molecule has 0 aliphatic carbocycles. The van der Waals surface area contributed by atoms with Gasteiger partial charge in [0.2, 0.25) is 0 Å². The summed E-state index contributed by atoms with van der Waals surface area (Å²) in [6.45, 7) is 0.519. The summed E-state index contributed by atoms with van der Waals surface area (Å²) in [6, 6.07) is 0.952. The van der Waals surface area contributed by atoms with Gasteiger partial charge in [-0.3, -0.25) is 23.4 Å². The SMILES string of the molecule is CCCCCCCCCCCCCCCCO[C@@H]1[C@@H](O)[C@@H](OP(=O)(O)OP(=O)(O)OC[C@H]2O[C@@H](n3ccc(=O)[nH]c3=O)[C@H](O)[C@@H]2O)O[C@H](CO)[C@H]1O. The fraction of sp³-hybridized carbons (Fsp3) is 0.871. The number of H-pyrrole nitrogens is 1. The first-order valence-electron chi connectivity index (χ1n) is 18.0. The molecular weight excluding hydrogens is 734 g/mol. The molecule has 11 atom stereocenters. The molecule has 0 spiro atoms.